The zero-order valence-electron chi connectivity index (χ0n) is 35.3. The van der Waals surface area contributed by atoms with Crippen molar-refractivity contribution in [3.63, 3.8) is 0 Å². The lowest BCUT2D eigenvalue weighted by molar-refractivity contribution is -0.297. The monoisotopic (exact) mass is 823 g/mol. The molecule has 0 bridgehead atoms. The molecule has 12 nitrogen and oxygen atoms in total. The highest BCUT2D eigenvalue weighted by atomic mass is 32.2. The zero-order valence-corrected chi connectivity index (χ0v) is 36.1. The van der Waals surface area contributed by atoms with Gasteiger partial charge in [-0.15, -0.1) is 0 Å². The Morgan fingerprint density at radius 2 is 0.911 bits per heavy atom. The molecule has 56 heavy (non-hydrogen) atoms. The van der Waals surface area contributed by atoms with Crippen molar-refractivity contribution in [2.75, 3.05) is 19.0 Å². The summed E-state index contributed by atoms with van der Waals surface area (Å²) in [7, 11) is -4.59. The second-order valence-electron chi connectivity index (χ2n) is 16.1. The molecule has 6 atom stereocenters. The fraction of sp³-hybridized carbons (Fsp3) is 0.953. The summed E-state index contributed by atoms with van der Waals surface area (Å²) in [6.07, 6.45) is 24.3. The van der Waals surface area contributed by atoms with E-state index in [-0.39, 0.29) is 19.4 Å². The summed E-state index contributed by atoms with van der Waals surface area (Å²) in [6, 6.07) is 0. The molecule has 1 aliphatic rings. The number of rotatable bonds is 38. The van der Waals surface area contributed by atoms with Crippen molar-refractivity contribution in [1.82, 2.24) is 0 Å². The Balaban J connectivity index is 2.43. The van der Waals surface area contributed by atoms with E-state index in [1.807, 2.05) is 0 Å². The van der Waals surface area contributed by atoms with Crippen LogP contribution in [-0.4, -0.2) is 96.0 Å². The maximum atomic E-state index is 12.8. The van der Waals surface area contributed by atoms with Gasteiger partial charge in [0.05, 0.1) is 6.61 Å². The van der Waals surface area contributed by atoms with Gasteiger partial charge in [0.25, 0.3) is 10.1 Å². The largest absolute Gasteiger partial charge is 0.462 e. The van der Waals surface area contributed by atoms with Gasteiger partial charge < -0.3 is 34.3 Å². The fourth-order valence-corrected chi connectivity index (χ4v) is 7.84. The van der Waals surface area contributed by atoms with Crippen LogP contribution in [0, 0.1) is 0 Å². The molecular weight excluding hydrogens is 741 g/mol. The number of hydrogen-bond donors (Lipinski definition) is 4. The maximum absolute atomic E-state index is 12.8. The molecule has 0 amide bonds. The van der Waals surface area contributed by atoms with Crippen molar-refractivity contribution in [1.29, 1.82) is 0 Å². The molecule has 1 saturated heterocycles. The topological polar surface area (TPSA) is 186 Å². The molecule has 1 heterocycles. The maximum Gasteiger partial charge on any atom is 0.306 e. The average Bonchev–Trinajstić information content (AvgIpc) is 3.16. The Bertz CT molecular complexity index is 1060. The van der Waals surface area contributed by atoms with E-state index in [0.29, 0.717) is 12.8 Å². The van der Waals surface area contributed by atoms with Crippen LogP contribution in [0.15, 0.2) is 0 Å². The lowest BCUT2D eigenvalue weighted by atomic mass is 10.00. The smallest absolute Gasteiger partial charge is 0.306 e. The Kier molecular flexibility index (Phi) is 32.5. The van der Waals surface area contributed by atoms with Crippen LogP contribution in [0.25, 0.3) is 0 Å². The molecular formula is C43H82O12S. The third-order valence-electron chi connectivity index (χ3n) is 10.7. The number of carbonyl (C=O) groups is 2. The van der Waals surface area contributed by atoms with E-state index >= 15 is 0 Å². The third kappa shape index (κ3) is 29.0. The lowest BCUT2D eigenvalue weighted by Crippen LogP contribution is -2.60. The van der Waals surface area contributed by atoms with Gasteiger partial charge in [0.1, 0.15) is 36.8 Å². The number of esters is 2. The van der Waals surface area contributed by atoms with Crippen molar-refractivity contribution in [3.8, 4) is 0 Å². The Morgan fingerprint density at radius 1 is 0.536 bits per heavy atom. The molecule has 0 aromatic heterocycles. The second kappa shape index (κ2) is 34.5. The third-order valence-corrected chi connectivity index (χ3v) is 11.4. The molecule has 0 spiro atoms. The first-order chi connectivity index (χ1) is 27.0. The van der Waals surface area contributed by atoms with Crippen molar-refractivity contribution < 1.29 is 56.8 Å². The number of hydrogen-bond acceptors (Lipinski definition) is 11. The minimum absolute atomic E-state index is 0.172. The van der Waals surface area contributed by atoms with E-state index in [4.69, 9.17) is 18.9 Å². The summed E-state index contributed by atoms with van der Waals surface area (Å²) in [5.74, 6) is -1.96. The highest BCUT2D eigenvalue weighted by molar-refractivity contribution is 7.85. The van der Waals surface area contributed by atoms with Gasteiger partial charge in [-0.1, -0.05) is 181 Å². The van der Waals surface area contributed by atoms with E-state index < -0.39 is 71.2 Å². The molecule has 0 aromatic rings. The van der Waals surface area contributed by atoms with Crippen LogP contribution < -0.4 is 0 Å². The van der Waals surface area contributed by atoms with Gasteiger partial charge in [0, 0.05) is 12.8 Å². The minimum atomic E-state index is -4.59. The van der Waals surface area contributed by atoms with Crippen LogP contribution >= 0.6 is 0 Å². The summed E-state index contributed by atoms with van der Waals surface area (Å²) in [6.45, 7) is 3.77. The molecule has 0 radical (unpaired) electrons. The van der Waals surface area contributed by atoms with Crippen LogP contribution in [0.2, 0.25) is 0 Å². The molecule has 13 heteroatoms. The molecule has 0 aliphatic carbocycles. The van der Waals surface area contributed by atoms with Crippen LogP contribution in [-0.2, 0) is 38.7 Å². The van der Waals surface area contributed by atoms with Crippen LogP contribution in [0.3, 0.4) is 0 Å². The van der Waals surface area contributed by atoms with Crippen LogP contribution in [0.1, 0.15) is 206 Å². The first-order valence-electron chi connectivity index (χ1n) is 22.6. The Hall–Kier alpha value is -1.35. The molecule has 332 valence electrons. The van der Waals surface area contributed by atoms with Gasteiger partial charge in [-0.3, -0.25) is 14.1 Å². The second-order valence-corrected chi connectivity index (χ2v) is 17.6. The summed E-state index contributed by atoms with van der Waals surface area (Å²) < 4.78 is 54.0. The summed E-state index contributed by atoms with van der Waals surface area (Å²) in [5.41, 5.74) is 0. The van der Waals surface area contributed by atoms with E-state index in [1.54, 1.807) is 0 Å². The summed E-state index contributed by atoms with van der Waals surface area (Å²) in [4.78, 5) is 25.4. The SMILES string of the molecule is CCCCCCCCCCCCCCCCCC(=O)OCC(CO[C@H]1O[C@H](CS(=O)(=O)O)[C@@H](O)[C@H](O)[C@H]1O)OC(=O)CCCCCCCCCCCCCCC. The Labute approximate surface area is 340 Å². The highest BCUT2D eigenvalue weighted by Gasteiger charge is 2.46. The fourth-order valence-electron chi connectivity index (χ4n) is 7.15. The van der Waals surface area contributed by atoms with E-state index in [2.05, 4.69) is 13.8 Å². The number of unbranched alkanes of at least 4 members (excludes halogenated alkanes) is 26. The number of ether oxygens (including phenoxy) is 4. The van der Waals surface area contributed by atoms with E-state index in [1.165, 1.54) is 128 Å². The molecule has 0 aromatic carbocycles. The molecule has 4 N–H and O–H groups in total. The first kappa shape index (κ1) is 52.7. The van der Waals surface area contributed by atoms with Crippen LogP contribution in [0.4, 0.5) is 0 Å². The molecule has 0 saturated carbocycles. The van der Waals surface area contributed by atoms with Crippen molar-refractivity contribution in [3.05, 3.63) is 0 Å². The van der Waals surface area contributed by atoms with Crippen molar-refractivity contribution >= 4 is 22.1 Å². The molecule has 1 fully saturated rings. The van der Waals surface area contributed by atoms with Crippen LogP contribution in [0.5, 0.6) is 0 Å². The normalized spacial score (nSPS) is 20.6. The minimum Gasteiger partial charge on any atom is -0.462 e. The zero-order chi connectivity index (χ0) is 41.3. The average molecular weight is 823 g/mol. The van der Waals surface area contributed by atoms with Gasteiger partial charge in [0.15, 0.2) is 12.4 Å². The van der Waals surface area contributed by atoms with Gasteiger partial charge >= 0.3 is 11.9 Å². The van der Waals surface area contributed by atoms with E-state index in [0.717, 1.165) is 38.5 Å². The predicted octanol–water partition coefficient (Wildman–Crippen LogP) is 8.90. The molecule has 1 unspecified atom stereocenters. The summed E-state index contributed by atoms with van der Waals surface area (Å²) in [5, 5.41) is 30.8. The highest BCUT2D eigenvalue weighted by Crippen LogP contribution is 2.24. The number of carbonyl (C=O) groups excluding carboxylic acids is 2. The van der Waals surface area contributed by atoms with Gasteiger partial charge in [-0.2, -0.15) is 8.42 Å². The van der Waals surface area contributed by atoms with E-state index in [9.17, 15) is 37.9 Å². The predicted molar refractivity (Wildman–Crippen MR) is 220 cm³/mol. The number of aliphatic hydroxyl groups excluding tert-OH is 3. The van der Waals surface area contributed by atoms with Gasteiger partial charge in [-0.25, -0.2) is 0 Å². The Morgan fingerprint density at radius 3 is 1.30 bits per heavy atom. The molecule has 1 aliphatic heterocycles. The van der Waals surface area contributed by atoms with Crippen molar-refractivity contribution in [2.45, 2.75) is 243 Å². The van der Waals surface area contributed by atoms with Gasteiger partial charge in [0.2, 0.25) is 0 Å². The van der Waals surface area contributed by atoms with Crippen molar-refractivity contribution in [2.24, 2.45) is 0 Å². The molecule has 1 rings (SSSR count). The summed E-state index contributed by atoms with van der Waals surface area (Å²) >= 11 is 0. The standard InChI is InChI=1S/C43H82O12S/c1-3-5-7-9-11-13-15-17-18-20-21-23-25-27-29-31-38(44)52-33-36(34-53-43-42(48)41(47)40(46)37(55-43)35-56(49,50)51)54-39(45)32-30-28-26-24-22-19-16-14-12-10-8-6-4-2/h36-37,40-43,46-48H,3-35H2,1-2H3,(H,49,50,51)/t36?,37-,40-,41+,42-,43+/m1/s1. The van der Waals surface area contributed by atoms with Gasteiger partial charge in [-0.05, 0) is 12.8 Å². The lowest BCUT2D eigenvalue weighted by Gasteiger charge is -2.40. The number of aliphatic hydroxyl groups is 3. The first-order valence-corrected chi connectivity index (χ1v) is 24.2. The quantitative estimate of drug-likeness (QED) is 0.0264.